The number of allylic oxidation sites excluding steroid dienone is 1. The number of halogens is 1. The molecule has 0 bridgehead atoms. The lowest BCUT2D eigenvalue weighted by molar-refractivity contribution is -0.113. The Hall–Kier alpha value is -5.63. The van der Waals surface area contributed by atoms with Gasteiger partial charge in [-0.3, -0.25) is 14.2 Å². The molecule has 1 amide bonds. The van der Waals surface area contributed by atoms with E-state index >= 15 is 0 Å². The first kappa shape index (κ1) is 33.3. The Kier molecular flexibility index (Phi) is 9.95. The number of hydrogen-bond acceptors (Lipinski definition) is 8. The fourth-order valence-corrected chi connectivity index (χ4v) is 6.83. The number of anilines is 1. The van der Waals surface area contributed by atoms with Crippen LogP contribution in [0.3, 0.4) is 0 Å². The van der Waals surface area contributed by atoms with Gasteiger partial charge in [-0.2, -0.15) is 5.26 Å². The maximum Gasteiger partial charge on any atom is 0.271 e. The summed E-state index contributed by atoms with van der Waals surface area (Å²) < 4.78 is 19.2. The molecule has 1 aliphatic heterocycles. The number of nitrogens with one attached hydrogen (secondary N) is 1. The maximum absolute atomic E-state index is 14.2. The highest BCUT2D eigenvalue weighted by Crippen LogP contribution is 2.37. The molecule has 1 aliphatic rings. The largest absolute Gasteiger partial charge is 0.494 e. The van der Waals surface area contributed by atoms with E-state index in [1.54, 1.807) is 54.0 Å². The van der Waals surface area contributed by atoms with Gasteiger partial charge in [-0.1, -0.05) is 65.4 Å². The third-order valence-electron chi connectivity index (χ3n) is 7.82. The van der Waals surface area contributed by atoms with E-state index < -0.39 is 6.04 Å². The summed E-state index contributed by atoms with van der Waals surface area (Å²) in [5.74, 6) is 1.08. The highest BCUT2D eigenvalue weighted by atomic mass is 35.5. The molecular formula is C38H31ClN4O5S. The molecule has 0 fully saturated rings. The monoisotopic (exact) mass is 690 g/mol. The van der Waals surface area contributed by atoms with Gasteiger partial charge in [0.2, 0.25) is 0 Å². The van der Waals surface area contributed by atoms with Crippen molar-refractivity contribution < 1.29 is 19.0 Å². The molecule has 49 heavy (non-hydrogen) atoms. The summed E-state index contributed by atoms with van der Waals surface area (Å²) in [5, 5.41) is 12.3. The van der Waals surface area contributed by atoms with Crippen LogP contribution in [0, 0.1) is 11.3 Å². The van der Waals surface area contributed by atoms with E-state index in [4.69, 9.17) is 36.1 Å². The van der Waals surface area contributed by atoms with Crippen LogP contribution in [0.4, 0.5) is 5.69 Å². The highest BCUT2D eigenvalue weighted by Gasteiger charge is 2.32. The molecule has 0 saturated carbocycles. The second-order valence-electron chi connectivity index (χ2n) is 11.0. The molecule has 0 unspecified atom stereocenters. The van der Waals surface area contributed by atoms with Gasteiger partial charge in [0.15, 0.2) is 16.3 Å². The van der Waals surface area contributed by atoms with Gasteiger partial charge in [-0.25, -0.2) is 4.99 Å². The zero-order valence-electron chi connectivity index (χ0n) is 26.9. The molecule has 0 radical (unpaired) electrons. The van der Waals surface area contributed by atoms with Gasteiger partial charge >= 0.3 is 0 Å². The molecule has 0 spiro atoms. The van der Waals surface area contributed by atoms with Crippen LogP contribution in [-0.4, -0.2) is 24.2 Å². The Morgan fingerprint density at radius 1 is 1.06 bits per heavy atom. The number of ether oxygens (including phenoxy) is 3. The van der Waals surface area contributed by atoms with E-state index in [9.17, 15) is 9.59 Å². The predicted octanol–water partition coefficient (Wildman–Crippen LogP) is 6.39. The molecule has 1 atom stereocenters. The van der Waals surface area contributed by atoms with Gasteiger partial charge < -0.3 is 19.5 Å². The highest BCUT2D eigenvalue weighted by molar-refractivity contribution is 7.07. The molecule has 5 aromatic rings. The molecule has 1 N–H and O–H groups in total. The summed E-state index contributed by atoms with van der Waals surface area (Å²) in [6.07, 6.45) is 1.72. The number of methoxy groups -OCH3 is 1. The van der Waals surface area contributed by atoms with Crippen LogP contribution in [0.5, 0.6) is 17.2 Å². The molecule has 11 heteroatoms. The number of nitriles is 1. The number of carbonyl (C=O) groups is 1. The molecule has 9 nitrogen and oxygen atoms in total. The minimum absolute atomic E-state index is 0.213. The van der Waals surface area contributed by atoms with Gasteiger partial charge in [0.1, 0.15) is 12.4 Å². The SMILES string of the molecule is CCOc1ccc([C@@H]2C(C(=O)Nc3ccccc3)=C(C)N=c3s/c(=C\c4cc(Cl)c(OCc5ccc(C#N)cc5)c(OC)c4)c(=O)n32)cc1. The molecule has 6 rings (SSSR count). The first-order chi connectivity index (χ1) is 23.8. The van der Waals surface area contributed by atoms with E-state index in [0.717, 1.165) is 11.1 Å². The number of fused-ring (bicyclic) bond motifs is 1. The molecule has 0 aliphatic carbocycles. The van der Waals surface area contributed by atoms with Crippen LogP contribution in [0.15, 0.2) is 112 Å². The van der Waals surface area contributed by atoms with Crippen LogP contribution in [0.2, 0.25) is 5.02 Å². The van der Waals surface area contributed by atoms with Crippen molar-refractivity contribution in [3.63, 3.8) is 0 Å². The Morgan fingerprint density at radius 2 is 1.80 bits per heavy atom. The first-order valence-electron chi connectivity index (χ1n) is 15.4. The maximum atomic E-state index is 14.2. The smallest absolute Gasteiger partial charge is 0.271 e. The molecule has 2 heterocycles. The van der Waals surface area contributed by atoms with Crippen LogP contribution in [0.25, 0.3) is 6.08 Å². The van der Waals surface area contributed by atoms with E-state index in [-0.39, 0.29) is 18.1 Å². The number of rotatable bonds is 10. The Morgan fingerprint density at radius 3 is 2.47 bits per heavy atom. The quantitative estimate of drug-likeness (QED) is 0.182. The zero-order valence-corrected chi connectivity index (χ0v) is 28.5. The van der Waals surface area contributed by atoms with Crippen molar-refractivity contribution in [2.45, 2.75) is 26.5 Å². The lowest BCUT2D eigenvalue weighted by atomic mass is 9.95. The number of hydrogen-bond donors (Lipinski definition) is 1. The standard InChI is InChI=1S/C38H31ClN4O5S/c1-4-47-29-16-14-27(15-17-29)34-33(36(44)42-28-8-6-5-7-9-28)23(2)41-38-43(34)37(45)32(49-38)20-26-18-30(39)35(31(19-26)46-3)48-22-25-12-10-24(21-40)11-13-25/h5-20,34H,4,22H2,1-3H3,(H,42,44)/b32-20-/t34-/m1/s1. The van der Waals surface area contributed by atoms with Crippen molar-refractivity contribution in [1.82, 2.24) is 4.57 Å². The summed E-state index contributed by atoms with van der Waals surface area (Å²) in [7, 11) is 1.51. The van der Waals surface area contributed by atoms with Crippen molar-refractivity contribution in [2.24, 2.45) is 4.99 Å². The normalized spacial score (nSPS) is 14.0. The third-order valence-corrected chi connectivity index (χ3v) is 9.08. The number of amides is 1. The van der Waals surface area contributed by atoms with E-state index in [2.05, 4.69) is 11.4 Å². The lowest BCUT2D eigenvalue weighted by Crippen LogP contribution is -2.40. The van der Waals surface area contributed by atoms with E-state index in [0.29, 0.717) is 66.3 Å². The van der Waals surface area contributed by atoms with Crippen LogP contribution >= 0.6 is 22.9 Å². The molecule has 4 aromatic carbocycles. The van der Waals surface area contributed by atoms with Gasteiger partial charge in [0.05, 0.1) is 52.2 Å². The number of thiazole rings is 1. The van der Waals surface area contributed by atoms with Crippen LogP contribution < -0.4 is 34.4 Å². The van der Waals surface area contributed by atoms with Crippen molar-refractivity contribution in [3.8, 4) is 23.3 Å². The number of benzene rings is 4. The minimum atomic E-state index is -0.742. The molecule has 246 valence electrons. The molecule has 0 saturated heterocycles. The van der Waals surface area contributed by atoms with Crippen LogP contribution in [-0.2, 0) is 11.4 Å². The number of nitrogens with zero attached hydrogens (tertiary/aromatic N) is 3. The fourth-order valence-electron chi connectivity index (χ4n) is 5.51. The second-order valence-corrected chi connectivity index (χ2v) is 12.5. The number of carbonyl (C=O) groups excluding carboxylic acids is 1. The summed E-state index contributed by atoms with van der Waals surface area (Å²) in [4.78, 5) is 33.2. The summed E-state index contributed by atoms with van der Waals surface area (Å²) in [6, 6.07) is 28.4. The Labute approximate surface area is 291 Å². The summed E-state index contributed by atoms with van der Waals surface area (Å²) in [5.41, 5.74) is 3.96. The molecular weight excluding hydrogens is 660 g/mol. The predicted molar refractivity (Wildman–Crippen MR) is 190 cm³/mol. The van der Waals surface area contributed by atoms with Crippen molar-refractivity contribution >= 4 is 40.6 Å². The average Bonchev–Trinajstić information content (AvgIpc) is 3.41. The Bertz CT molecular complexity index is 2270. The minimum Gasteiger partial charge on any atom is -0.494 e. The van der Waals surface area contributed by atoms with Gasteiger partial charge in [-0.15, -0.1) is 0 Å². The van der Waals surface area contributed by atoms with Crippen LogP contribution in [0.1, 0.15) is 42.1 Å². The first-order valence-corrected chi connectivity index (χ1v) is 16.6. The van der Waals surface area contributed by atoms with E-state index in [1.165, 1.54) is 18.4 Å². The summed E-state index contributed by atoms with van der Waals surface area (Å²) >= 11 is 7.91. The molecule has 1 aromatic heterocycles. The van der Waals surface area contributed by atoms with Crippen molar-refractivity contribution in [1.29, 1.82) is 5.26 Å². The van der Waals surface area contributed by atoms with Gasteiger partial charge in [-0.05, 0) is 85.1 Å². The number of para-hydroxylation sites is 1. The topological polar surface area (TPSA) is 115 Å². The fraction of sp³-hybridized carbons (Fsp3) is 0.158. The van der Waals surface area contributed by atoms with E-state index in [1.807, 2.05) is 61.5 Å². The van der Waals surface area contributed by atoms with Gasteiger partial charge in [0.25, 0.3) is 11.5 Å². The van der Waals surface area contributed by atoms with Gasteiger partial charge in [0, 0.05) is 5.69 Å². The lowest BCUT2D eigenvalue weighted by Gasteiger charge is -2.25. The van der Waals surface area contributed by atoms with Crippen molar-refractivity contribution in [2.75, 3.05) is 19.0 Å². The van der Waals surface area contributed by atoms with Crippen molar-refractivity contribution in [3.05, 3.63) is 149 Å². The zero-order chi connectivity index (χ0) is 34.5. The second kappa shape index (κ2) is 14.6. The average molecular weight is 691 g/mol. The Balaban J connectivity index is 1.39. The third kappa shape index (κ3) is 7.14. The summed E-state index contributed by atoms with van der Waals surface area (Å²) in [6.45, 7) is 4.41. The number of aromatic nitrogens is 1.